The van der Waals surface area contributed by atoms with Gasteiger partial charge in [-0.05, 0) is 60.7 Å². The van der Waals surface area contributed by atoms with E-state index in [0.717, 1.165) is 35.4 Å². The van der Waals surface area contributed by atoms with Crippen LogP contribution >= 0.6 is 11.8 Å². The number of amides is 2. The summed E-state index contributed by atoms with van der Waals surface area (Å²) >= 11 is 1.81. The molecular formula is C26H29FN2O3S. The summed E-state index contributed by atoms with van der Waals surface area (Å²) < 4.78 is 18.4. The monoisotopic (exact) mass is 468 g/mol. The van der Waals surface area contributed by atoms with Crippen LogP contribution in [0.5, 0.6) is 0 Å². The lowest BCUT2D eigenvalue weighted by Crippen LogP contribution is -2.30. The Labute approximate surface area is 198 Å². The van der Waals surface area contributed by atoms with Crippen molar-refractivity contribution in [2.75, 3.05) is 17.7 Å². The van der Waals surface area contributed by atoms with E-state index in [1.165, 1.54) is 17.7 Å². The Balaban J connectivity index is 1.25. The van der Waals surface area contributed by atoms with Gasteiger partial charge in [0, 0.05) is 35.7 Å². The molecule has 2 amide bonds. The topological polar surface area (TPSA) is 58.6 Å². The molecule has 0 radical (unpaired) electrons. The first kappa shape index (κ1) is 23.4. The highest BCUT2D eigenvalue weighted by Crippen LogP contribution is 2.33. The molecule has 7 heteroatoms. The van der Waals surface area contributed by atoms with Crippen molar-refractivity contribution in [1.82, 2.24) is 4.90 Å². The molecule has 1 N–H and O–H groups in total. The molecule has 0 aromatic heterocycles. The number of rotatable bonds is 7. The number of nitrogens with zero attached hydrogens (tertiary/aromatic N) is 1. The van der Waals surface area contributed by atoms with Crippen LogP contribution in [-0.4, -0.2) is 34.5 Å². The Kier molecular flexibility index (Phi) is 7.70. The highest BCUT2D eigenvalue weighted by atomic mass is 32.2. The predicted octanol–water partition coefficient (Wildman–Crippen LogP) is 5.86. The number of allylic oxidation sites excluding steroid dienone is 1. The SMILES string of the molecule is CCOC(=O)CCSC1C=CC(c2ccc(NC(=O)N3Cc4ccc(F)cc4C3)cc2)CC1. The summed E-state index contributed by atoms with van der Waals surface area (Å²) in [5, 5.41) is 3.38. The maximum absolute atomic E-state index is 13.4. The summed E-state index contributed by atoms with van der Waals surface area (Å²) in [5.41, 5.74) is 3.83. The van der Waals surface area contributed by atoms with Crippen LogP contribution in [0.4, 0.5) is 14.9 Å². The van der Waals surface area contributed by atoms with E-state index in [1.54, 1.807) is 22.7 Å². The summed E-state index contributed by atoms with van der Waals surface area (Å²) in [7, 11) is 0. The van der Waals surface area contributed by atoms with E-state index in [2.05, 4.69) is 29.6 Å². The van der Waals surface area contributed by atoms with Crippen LogP contribution in [0.3, 0.4) is 0 Å². The molecule has 0 fully saturated rings. The molecule has 1 heterocycles. The number of anilines is 1. The smallest absolute Gasteiger partial charge is 0.322 e. The fourth-order valence-corrected chi connectivity index (χ4v) is 5.35. The van der Waals surface area contributed by atoms with Gasteiger partial charge in [0.25, 0.3) is 0 Å². The molecule has 1 aliphatic carbocycles. The Bertz CT molecular complexity index is 1020. The molecule has 33 heavy (non-hydrogen) atoms. The molecule has 0 saturated carbocycles. The minimum absolute atomic E-state index is 0.127. The van der Waals surface area contributed by atoms with Gasteiger partial charge < -0.3 is 15.0 Å². The number of ether oxygens (including phenoxy) is 1. The lowest BCUT2D eigenvalue weighted by Gasteiger charge is -2.23. The average molecular weight is 469 g/mol. The van der Waals surface area contributed by atoms with Crippen molar-refractivity contribution in [2.45, 2.75) is 50.4 Å². The van der Waals surface area contributed by atoms with Crippen molar-refractivity contribution in [3.05, 3.63) is 77.1 Å². The van der Waals surface area contributed by atoms with Crippen LogP contribution in [0, 0.1) is 5.82 Å². The number of halogens is 1. The first-order chi connectivity index (χ1) is 16.0. The highest BCUT2D eigenvalue weighted by Gasteiger charge is 2.24. The molecule has 174 valence electrons. The van der Waals surface area contributed by atoms with Crippen LogP contribution in [0.2, 0.25) is 0 Å². The van der Waals surface area contributed by atoms with E-state index in [-0.39, 0.29) is 17.8 Å². The molecule has 0 spiro atoms. The number of hydrogen-bond donors (Lipinski definition) is 1. The Hall–Kier alpha value is -2.80. The van der Waals surface area contributed by atoms with Gasteiger partial charge >= 0.3 is 12.0 Å². The number of fused-ring (bicyclic) bond motifs is 1. The van der Waals surface area contributed by atoms with Crippen LogP contribution in [-0.2, 0) is 22.6 Å². The predicted molar refractivity (Wildman–Crippen MR) is 130 cm³/mol. The van der Waals surface area contributed by atoms with Crippen LogP contribution in [0.15, 0.2) is 54.6 Å². The molecule has 5 nitrogen and oxygen atoms in total. The minimum Gasteiger partial charge on any atom is -0.466 e. The third-order valence-electron chi connectivity index (χ3n) is 6.03. The quantitative estimate of drug-likeness (QED) is 0.408. The molecule has 1 aliphatic heterocycles. The minimum atomic E-state index is -0.273. The third kappa shape index (κ3) is 6.16. The van der Waals surface area contributed by atoms with Crippen LogP contribution < -0.4 is 5.32 Å². The molecule has 4 rings (SSSR count). The Morgan fingerprint density at radius 1 is 1.09 bits per heavy atom. The normalized spacial score (nSPS) is 19.3. The maximum atomic E-state index is 13.4. The van der Waals surface area contributed by atoms with Crippen molar-refractivity contribution >= 4 is 29.4 Å². The molecule has 2 atom stereocenters. The van der Waals surface area contributed by atoms with Crippen LogP contribution in [0.25, 0.3) is 0 Å². The van der Waals surface area contributed by atoms with Crippen molar-refractivity contribution < 1.29 is 18.7 Å². The molecule has 2 unspecified atom stereocenters. The number of thioether (sulfide) groups is 1. The lowest BCUT2D eigenvalue weighted by molar-refractivity contribution is -0.142. The number of benzene rings is 2. The largest absolute Gasteiger partial charge is 0.466 e. The second-order valence-corrected chi connectivity index (χ2v) is 9.70. The number of hydrogen-bond acceptors (Lipinski definition) is 4. The Morgan fingerprint density at radius 2 is 1.88 bits per heavy atom. The molecule has 2 aromatic carbocycles. The van der Waals surface area contributed by atoms with E-state index >= 15 is 0 Å². The first-order valence-corrected chi connectivity index (χ1v) is 12.5. The Morgan fingerprint density at radius 3 is 2.61 bits per heavy atom. The fraction of sp³-hybridized carbons (Fsp3) is 0.385. The van der Waals surface area contributed by atoms with Crippen molar-refractivity contribution in [3.8, 4) is 0 Å². The van der Waals surface area contributed by atoms with Gasteiger partial charge in [0.05, 0.1) is 13.0 Å². The van der Waals surface area contributed by atoms with Crippen molar-refractivity contribution in [2.24, 2.45) is 0 Å². The summed E-state index contributed by atoms with van der Waals surface area (Å²) in [4.78, 5) is 25.8. The average Bonchev–Trinajstić information content (AvgIpc) is 3.24. The summed E-state index contributed by atoms with van der Waals surface area (Å²) in [6, 6.07) is 12.5. The summed E-state index contributed by atoms with van der Waals surface area (Å²) in [5.74, 6) is 0.742. The molecule has 0 saturated heterocycles. The third-order valence-corrected chi connectivity index (χ3v) is 7.29. The van der Waals surface area contributed by atoms with Crippen molar-refractivity contribution in [3.63, 3.8) is 0 Å². The maximum Gasteiger partial charge on any atom is 0.322 e. The van der Waals surface area contributed by atoms with Gasteiger partial charge in [-0.1, -0.05) is 30.4 Å². The van der Waals surface area contributed by atoms with Crippen LogP contribution in [0.1, 0.15) is 48.8 Å². The van der Waals surface area contributed by atoms with Gasteiger partial charge in [0.2, 0.25) is 0 Å². The van der Waals surface area contributed by atoms with E-state index in [0.29, 0.717) is 37.3 Å². The van der Waals surface area contributed by atoms with E-state index in [1.807, 2.05) is 19.1 Å². The van der Waals surface area contributed by atoms with Gasteiger partial charge in [-0.15, -0.1) is 0 Å². The van der Waals surface area contributed by atoms with E-state index in [9.17, 15) is 14.0 Å². The van der Waals surface area contributed by atoms with E-state index in [4.69, 9.17) is 4.74 Å². The number of urea groups is 1. The zero-order valence-corrected chi connectivity index (χ0v) is 19.6. The number of nitrogens with one attached hydrogen (secondary N) is 1. The molecule has 2 aliphatic rings. The zero-order chi connectivity index (χ0) is 23.2. The highest BCUT2D eigenvalue weighted by molar-refractivity contribution is 8.00. The van der Waals surface area contributed by atoms with Crippen molar-refractivity contribution in [1.29, 1.82) is 0 Å². The first-order valence-electron chi connectivity index (χ1n) is 11.4. The van der Waals surface area contributed by atoms with Gasteiger partial charge in [-0.25, -0.2) is 9.18 Å². The number of carbonyl (C=O) groups excluding carboxylic acids is 2. The lowest BCUT2D eigenvalue weighted by atomic mass is 9.89. The van der Waals surface area contributed by atoms with Gasteiger partial charge in [0.1, 0.15) is 5.82 Å². The summed E-state index contributed by atoms with van der Waals surface area (Å²) in [6.45, 7) is 3.17. The van der Waals surface area contributed by atoms with Gasteiger partial charge in [-0.2, -0.15) is 11.8 Å². The molecule has 2 aromatic rings. The summed E-state index contributed by atoms with van der Waals surface area (Å²) in [6.07, 6.45) is 7.08. The zero-order valence-electron chi connectivity index (χ0n) is 18.8. The second-order valence-electron chi connectivity index (χ2n) is 8.35. The number of carbonyl (C=O) groups is 2. The molecule has 0 bridgehead atoms. The van der Waals surface area contributed by atoms with Gasteiger partial charge in [-0.3, -0.25) is 4.79 Å². The fourth-order valence-electron chi connectivity index (χ4n) is 4.26. The molecular weight excluding hydrogens is 439 g/mol. The van der Waals surface area contributed by atoms with Gasteiger partial charge in [0.15, 0.2) is 0 Å². The number of esters is 1. The standard InChI is InChI=1S/C26H29FN2O3S/c1-2-32-25(30)13-14-33-24-11-6-19(7-12-24)18-4-9-23(10-5-18)28-26(31)29-16-20-3-8-22(27)15-21(20)17-29/h3-6,8-11,15,19,24H,2,7,12-14,16-17H2,1H3,(H,28,31). The second kappa shape index (κ2) is 10.9. The van der Waals surface area contributed by atoms with E-state index < -0.39 is 0 Å².